The summed E-state index contributed by atoms with van der Waals surface area (Å²) in [4.78, 5) is 12.4. The molecule has 0 atom stereocenters. The molecule has 0 fully saturated rings. The van der Waals surface area contributed by atoms with Crippen LogP contribution < -0.4 is 16.7 Å². The molecular weight excluding hydrogens is 424 g/mol. The Bertz CT molecular complexity index is 836. The maximum atomic E-state index is 14.3. The highest BCUT2D eigenvalue weighted by Crippen LogP contribution is 2.34. The number of hydrazine groups is 2. The number of thioether (sulfide) groups is 1. The van der Waals surface area contributed by atoms with Crippen molar-refractivity contribution < 1.29 is 27.1 Å². The van der Waals surface area contributed by atoms with E-state index in [-0.39, 0.29) is 23.5 Å². The predicted octanol–water partition coefficient (Wildman–Crippen LogP) is 4.40. The van der Waals surface area contributed by atoms with Crippen LogP contribution in [0.5, 0.6) is 0 Å². The van der Waals surface area contributed by atoms with Crippen molar-refractivity contribution in [2.45, 2.75) is 23.7 Å². The van der Waals surface area contributed by atoms with Crippen molar-refractivity contribution in [1.82, 2.24) is 5.01 Å². The van der Waals surface area contributed by atoms with Gasteiger partial charge in [-0.1, -0.05) is 12.1 Å². The first-order valence-electron chi connectivity index (χ1n) is 8.65. The molecule has 30 heavy (non-hydrogen) atoms. The number of alkyl halides is 3. The molecule has 2 rings (SSSR count). The lowest BCUT2D eigenvalue weighted by molar-refractivity contribution is -0.137. The van der Waals surface area contributed by atoms with Gasteiger partial charge in [-0.25, -0.2) is 25.9 Å². The van der Waals surface area contributed by atoms with Crippen LogP contribution in [0.3, 0.4) is 0 Å². The average molecular weight is 448 g/mol. The molecule has 0 saturated carbocycles. The van der Waals surface area contributed by atoms with Crippen LogP contribution in [0.4, 0.5) is 28.0 Å². The van der Waals surface area contributed by atoms with Gasteiger partial charge < -0.3 is 4.74 Å². The molecule has 0 aromatic heterocycles. The number of anilines is 1. The van der Waals surface area contributed by atoms with Crippen LogP contribution in [-0.2, 0) is 16.7 Å². The topological polar surface area (TPSA) is 84.8 Å². The maximum absolute atomic E-state index is 14.3. The second kappa shape index (κ2) is 11.7. The SMILES string of the molecule is CCN(N)C(=O)N(N)c1cccc(F)c1CSc1cccc(C(F)(F)F)c1.COC. The fourth-order valence-electron chi connectivity index (χ4n) is 2.21. The van der Waals surface area contributed by atoms with E-state index >= 15 is 0 Å². The van der Waals surface area contributed by atoms with E-state index in [0.717, 1.165) is 28.9 Å². The first kappa shape index (κ1) is 25.7. The Morgan fingerprint density at radius 2 is 1.73 bits per heavy atom. The lowest BCUT2D eigenvalue weighted by Gasteiger charge is -2.24. The van der Waals surface area contributed by atoms with Gasteiger partial charge in [0.05, 0.1) is 11.3 Å². The lowest BCUT2D eigenvalue weighted by atomic mass is 10.2. The summed E-state index contributed by atoms with van der Waals surface area (Å²) in [6.07, 6.45) is -4.47. The second-order valence-electron chi connectivity index (χ2n) is 5.90. The fraction of sp³-hybridized carbons (Fsp3) is 0.316. The van der Waals surface area contributed by atoms with E-state index in [4.69, 9.17) is 11.7 Å². The zero-order chi connectivity index (χ0) is 22.9. The molecule has 2 aromatic carbocycles. The van der Waals surface area contributed by atoms with Gasteiger partial charge in [0.15, 0.2) is 0 Å². The van der Waals surface area contributed by atoms with E-state index in [9.17, 15) is 22.4 Å². The van der Waals surface area contributed by atoms with Gasteiger partial charge in [0.25, 0.3) is 0 Å². The van der Waals surface area contributed by atoms with E-state index in [1.807, 2.05) is 0 Å². The highest BCUT2D eigenvalue weighted by molar-refractivity contribution is 7.98. The van der Waals surface area contributed by atoms with Gasteiger partial charge in [-0.3, -0.25) is 5.01 Å². The summed E-state index contributed by atoms with van der Waals surface area (Å²) in [6.45, 7) is 1.83. The number of rotatable bonds is 5. The van der Waals surface area contributed by atoms with Crippen molar-refractivity contribution in [3.63, 3.8) is 0 Å². The number of hydrogen-bond acceptors (Lipinski definition) is 5. The molecule has 0 radical (unpaired) electrons. The standard InChI is InChI=1S/C17H18F4N4OS.C2H6O/c1-2-24(22)16(26)25(23)15-8-4-7-14(18)13(15)10-27-12-6-3-5-11(9-12)17(19,20)21;1-3-2/h3-9H,2,10,22-23H2,1H3;1-2H3. The zero-order valence-corrected chi connectivity index (χ0v) is 17.6. The number of nitrogens with zero attached hydrogens (tertiary/aromatic N) is 2. The van der Waals surface area contributed by atoms with E-state index in [0.29, 0.717) is 9.90 Å². The smallest absolute Gasteiger partial charge is 0.388 e. The lowest BCUT2D eigenvalue weighted by Crippen LogP contribution is -2.50. The van der Waals surface area contributed by atoms with Crippen molar-refractivity contribution in [2.24, 2.45) is 11.7 Å². The minimum absolute atomic E-state index is 0.0268. The molecular formula is C19H24F4N4O2S. The molecule has 2 amide bonds. The highest BCUT2D eigenvalue weighted by Gasteiger charge is 2.30. The van der Waals surface area contributed by atoms with Crippen molar-refractivity contribution in [3.8, 4) is 0 Å². The van der Waals surface area contributed by atoms with Crippen molar-refractivity contribution in [3.05, 3.63) is 59.4 Å². The maximum Gasteiger partial charge on any atom is 0.416 e. The summed E-state index contributed by atoms with van der Waals surface area (Å²) in [5.41, 5.74) is -0.623. The summed E-state index contributed by atoms with van der Waals surface area (Å²) in [5, 5.41) is 1.57. The van der Waals surface area contributed by atoms with Crippen molar-refractivity contribution >= 4 is 23.5 Å². The highest BCUT2D eigenvalue weighted by atomic mass is 32.2. The minimum Gasteiger partial charge on any atom is -0.388 e. The predicted molar refractivity (Wildman–Crippen MR) is 109 cm³/mol. The molecule has 0 spiro atoms. The Hall–Kier alpha value is -2.34. The molecule has 166 valence electrons. The molecule has 0 aliphatic rings. The first-order valence-corrected chi connectivity index (χ1v) is 9.63. The Kier molecular flexibility index (Phi) is 10.1. The second-order valence-corrected chi connectivity index (χ2v) is 6.95. The van der Waals surface area contributed by atoms with E-state index < -0.39 is 23.6 Å². The van der Waals surface area contributed by atoms with Crippen LogP contribution in [0.1, 0.15) is 18.1 Å². The summed E-state index contributed by atoms with van der Waals surface area (Å²) >= 11 is 0.997. The summed E-state index contributed by atoms with van der Waals surface area (Å²) in [7, 11) is 3.25. The number of hydrogen-bond donors (Lipinski definition) is 2. The third-order valence-electron chi connectivity index (χ3n) is 3.69. The number of carbonyl (C=O) groups excluding carboxylic acids is 1. The van der Waals surface area contributed by atoms with Gasteiger partial charge in [0.1, 0.15) is 5.82 Å². The number of ether oxygens (including phenoxy) is 1. The zero-order valence-electron chi connectivity index (χ0n) is 16.7. The van der Waals surface area contributed by atoms with Crippen molar-refractivity contribution in [2.75, 3.05) is 25.8 Å². The average Bonchev–Trinajstić information content (AvgIpc) is 2.71. The van der Waals surface area contributed by atoms with Crippen LogP contribution in [0.25, 0.3) is 0 Å². The Morgan fingerprint density at radius 1 is 1.13 bits per heavy atom. The quantitative estimate of drug-likeness (QED) is 0.233. The van der Waals surface area contributed by atoms with Crippen LogP contribution in [-0.4, -0.2) is 31.8 Å². The van der Waals surface area contributed by atoms with Gasteiger partial charge in [-0.05, 0) is 37.3 Å². The number of benzene rings is 2. The summed E-state index contributed by atoms with van der Waals surface area (Å²) in [5.74, 6) is 10.6. The fourth-order valence-corrected chi connectivity index (χ4v) is 3.19. The van der Waals surface area contributed by atoms with E-state index in [1.165, 1.54) is 30.3 Å². The molecule has 0 aliphatic heterocycles. The largest absolute Gasteiger partial charge is 0.416 e. The number of methoxy groups -OCH3 is 1. The molecule has 0 heterocycles. The number of nitrogens with two attached hydrogens (primary N) is 2. The van der Waals surface area contributed by atoms with Gasteiger partial charge in [-0.2, -0.15) is 13.2 Å². The third kappa shape index (κ3) is 7.17. The monoisotopic (exact) mass is 448 g/mol. The number of amides is 2. The van der Waals surface area contributed by atoms with Crippen LogP contribution >= 0.6 is 11.8 Å². The molecule has 2 aromatic rings. The Balaban J connectivity index is 0.00000141. The minimum atomic E-state index is -4.47. The molecule has 0 unspecified atom stereocenters. The summed E-state index contributed by atoms with van der Waals surface area (Å²) in [6, 6.07) is 7.96. The van der Waals surface area contributed by atoms with E-state index in [1.54, 1.807) is 21.1 Å². The van der Waals surface area contributed by atoms with Crippen LogP contribution in [0.2, 0.25) is 0 Å². The van der Waals surface area contributed by atoms with Crippen molar-refractivity contribution in [1.29, 1.82) is 0 Å². The molecule has 0 bridgehead atoms. The van der Waals surface area contributed by atoms with E-state index in [2.05, 4.69) is 4.74 Å². The van der Waals surface area contributed by atoms with Crippen LogP contribution in [0.15, 0.2) is 47.4 Å². The van der Waals surface area contributed by atoms with Gasteiger partial charge in [0.2, 0.25) is 0 Å². The Labute approximate surface area is 176 Å². The number of urea groups is 1. The molecule has 0 saturated heterocycles. The Morgan fingerprint density at radius 3 is 2.30 bits per heavy atom. The number of halogens is 4. The third-order valence-corrected chi connectivity index (χ3v) is 4.71. The van der Waals surface area contributed by atoms with Crippen LogP contribution in [0, 0.1) is 5.82 Å². The number of carbonyl (C=O) groups is 1. The first-order chi connectivity index (χ1) is 14.1. The van der Waals surface area contributed by atoms with Gasteiger partial charge >= 0.3 is 12.2 Å². The molecule has 11 heteroatoms. The molecule has 0 aliphatic carbocycles. The summed E-state index contributed by atoms with van der Waals surface area (Å²) < 4.78 is 57.0. The normalized spacial score (nSPS) is 10.8. The molecule has 6 nitrogen and oxygen atoms in total. The molecule has 4 N–H and O–H groups in total. The van der Waals surface area contributed by atoms with Gasteiger partial charge in [-0.15, -0.1) is 11.8 Å². The van der Waals surface area contributed by atoms with Gasteiger partial charge in [0, 0.05) is 37.0 Å².